The first-order valence-electron chi connectivity index (χ1n) is 9.79. The summed E-state index contributed by atoms with van der Waals surface area (Å²) in [5.41, 5.74) is 0.959. The number of benzene rings is 3. The lowest BCUT2D eigenvalue weighted by Gasteiger charge is -2.28. The fourth-order valence-electron chi connectivity index (χ4n) is 3.78. The number of hydrogen-bond donors (Lipinski definition) is 1. The van der Waals surface area contributed by atoms with Gasteiger partial charge < -0.3 is 5.11 Å². The van der Waals surface area contributed by atoms with Crippen molar-refractivity contribution >= 4 is 34.6 Å². The first-order valence-corrected chi connectivity index (χ1v) is 10.5. The van der Waals surface area contributed by atoms with Crippen molar-refractivity contribution in [1.29, 1.82) is 0 Å². The van der Waals surface area contributed by atoms with E-state index in [1.807, 2.05) is 90.2 Å². The number of hydrogen-bond acceptors (Lipinski definition) is 2. The van der Waals surface area contributed by atoms with E-state index < -0.39 is 5.60 Å². The number of para-hydroxylation sites is 1. The van der Waals surface area contributed by atoms with E-state index in [4.69, 9.17) is 28.2 Å². The van der Waals surface area contributed by atoms with Crippen molar-refractivity contribution in [1.82, 2.24) is 4.57 Å². The van der Waals surface area contributed by atoms with Gasteiger partial charge in [-0.25, -0.2) is 14.1 Å². The lowest BCUT2D eigenvalue weighted by molar-refractivity contribution is -0.683. The summed E-state index contributed by atoms with van der Waals surface area (Å²) in [7, 11) is 3.79. The Labute approximate surface area is 191 Å². The Balaban J connectivity index is 2.08. The molecule has 1 heterocycles. The molecule has 0 aliphatic carbocycles. The van der Waals surface area contributed by atoms with Crippen LogP contribution in [0.4, 0.5) is 5.69 Å². The Morgan fingerprint density at radius 1 is 0.935 bits per heavy atom. The fraction of sp³-hybridized carbons (Fsp3) is 0.120. The van der Waals surface area contributed by atoms with Gasteiger partial charge in [0.15, 0.2) is 0 Å². The Hall–Kier alpha value is -2.92. The van der Waals surface area contributed by atoms with Gasteiger partial charge in [-0.3, -0.25) is 0 Å². The molecule has 3 aromatic carbocycles. The quantitative estimate of drug-likeness (QED) is 0.328. The smallest absolute Gasteiger partial charge is 0.299 e. The Kier molecular flexibility index (Phi) is 5.96. The van der Waals surface area contributed by atoms with Gasteiger partial charge in [0, 0.05) is 21.2 Å². The molecule has 0 saturated carbocycles. The maximum absolute atomic E-state index is 12.5. The van der Waals surface area contributed by atoms with Gasteiger partial charge in [-0.2, -0.15) is 0 Å². The van der Waals surface area contributed by atoms with Crippen molar-refractivity contribution in [2.45, 2.75) is 5.60 Å². The van der Waals surface area contributed by atoms with Crippen LogP contribution in [0.15, 0.2) is 96.2 Å². The van der Waals surface area contributed by atoms with Crippen LogP contribution in [0.2, 0.25) is 10.0 Å². The Bertz CT molecular complexity index is 1210. The Morgan fingerprint density at radius 2 is 1.65 bits per heavy atom. The van der Waals surface area contributed by atoms with Crippen LogP contribution in [0.25, 0.3) is 0 Å². The van der Waals surface area contributed by atoms with Crippen LogP contribution in [-0.2, 0) is 19.7 Å². The second-order valence-corrected chi connectivity index (χ2v) is 8.24. The van der Waals surface area contributed by atoms with Crippen LogP contribution in [0, 0.1) is 0 Å². The van der Waals surface area contributed by atoms with E-state index in [0.29, 0.717) is 27.1 Å². The van der Waals surface area contributed by atoms with Crippen LogP contribution < -0.4 is 4.57 Å². The van der Waals surface area contributed by atoms with Gasteiger partial charge in [-0.15, -0.1) is 0 Å². The van der Waals surface area contributed by atoms with E-state index in [0.717, 1.165) is 11.3 Å². The fourth-order valence-corrected chi connectivity index (χ4v) is 4.10. The zero-order chi connectivity index (χ0) is 22.0. The second kappa shape index (κ2) is 8.67. The monoisotopic (exact) mass is 450 g/mol. The number of aromatic nitrogens is 2. The third-order valence-electron chi connectivity index (χ3n) is 5.21. The summed E-state index contributed by atoms with van der Waals surface area (Å²) in [5.74, 6) is 0.638. The summed E-state index contributed by atoms with van der Waals surface area (Å²) in [6.07, 6.45) is 3.79. The molecule has 0 aliphatic heterocycles. The molecule has 31 heavy (non-hydrogen) atoms. The lowest BCUT2D eigenvalue weighted by Crippen LogP contribution is -2.49. The van der Waals surface area contributed by atoms with Gasteiger partial charge in [-0.05, 0) is 36.4 Å². The summed E-state index contributed by atoms with van der Waals surface area (Å²) in [4.78, 5) is 4.93. The van der Waals surface area contributed by atoms with Gasteiger partial charge in [-0.1, -0.05) is 65.7 Å². The van der Waals surface area contributed by atoms with Crippen molar-refractivity contribution in [2.75, 3.05) is 0 Å². The highest BCUT2D eigenvalue weighted by atomic mass is 35.5. The number of aliphatic hydroxyl groups is 1. The number of halogens is 2. The van der Waals surface area contributed by atoms with Crippen molar-refractivity contribution in [3.05, 3.63) is 118 Å². The molecule has 4 nitrogen and oxygen atoms in total. The summed E-state index contributed by atoms with van der Waals surface area (Å²) < 4.78 is 3.77. The first-order chi connectivity index (χ1) is 14.9. The van der Waals surface area contributed by atoms with E-state index in [9.17, 15) is 5.11 Å². The highest BCUT2D eigenvalue weighted by molar-refractivity contribution is 6.31. The number of nitrogens with zero attached hydrogens (tertiary/aromatic N) is 3. The molecule has 0 amide bonds. The van der Waals surface area contributed by atoms with Crippen molar-refractivity contribution in [3.8, 4) is 0 Å². The van der Waals surface area contributed by atoms with Crippen LogP contribution in [0.1, 0.15) is 17.0 Å². The van der Waals surface area contributed by atoms with Crippen LogP contribution in [0.5, 0.6) is 0 Å². The predicted molar refractivity (Wildman–Crippen MR) is 125 cm³/mol. The lowest BCUT2D eigenvalue weighted by atomic mass is 9.83. The molecule has 1 atom stereocenters. The van der Waals surface area contributed by atoms with E-state index in [-0.39, 0.29) is 0 Å². The summed E-state index contributed by atoms with van der Waals surface area (Å²) in [6.45, 7) is 0. The largest absolute Gasteiger partial charge is 0.369 e. The maximum Gasteiger partial charge on any atom is 0.299 e. The van der Waals surface area contributed by atoms with Crippen molar-refractivity contribution in [2.24, 2.45) is 19.1 Å². The molecular weight excluding hydrogens is 429 g/mol. The summed E-state index contributed by atoms with van der Waals surface area (Å²) >= 11 is 12.5. The predicted octanol–water partition coefficient (Wildman–Crippen LogP) is 5.21. The minimum Gasteiger partial charge on any atom is -0.369 e. The molecule has 0 fully saturated rings. The molecule has 156 valence electrons. The summed E-state index contributed by atoms with van der Waals surface area (Å²) in [5, 5.41) is 13.6. The minimum absolute atomic E-state index is 0.468. The van der Waals surface area contributed by atoms with Crippen LogP contribution in [-0.4, -0.2) is 15.4 Å². The van der Waals surface area contributed by atoms with Crippen LogP contribution >= 0.6 is 23.2 Å². The molecule has 0 radical (unpaired) electrons. The van der Waals surface area contributed by atoms with E-state index >= 15 is 0 Å². The maximum atomic E-state index is 12.5. The molecular formula is C25H22Cl2N3O+. The molecule has 0 aliphatic rings. The SMILES string of the molecule is Cn1cc[n+](C)c1C(O)(C(=Nc1ccccc1)c1ccc(Cl)cc1)c1cccc(Cl)c1. The molecule has 0 saturated heterocycles. The van der Waals surface area contributed by atoms with E-state index in [1.54, 1.807) is 24.3 Å². The highest BCUT2D eigenvalue weighted by Crippen LogP contribution is 2.35. The van der Waals surface area contributed by atoms with Crippen molar-refractivity contribution in [3.63, 3.8) is 0 Å². The van der Waals surface area contributed by atoms with Crippen LogP contribution in [0.3, 0.4) is 0 Å². The standard InChI is InChI=1S/C25H22Cl2N3O/c1-29-15-16-30(2)24(29)25(31,19-7-6-8-21(27)17-19)23(18-11-13-20(26)14-12-18)28-22-9-4-3-5-10-22/h3-17,31H,1-2H3/q+1. The topological polar surface area (TPSA) is 41.4 Å². The number of imidazole rings is 1. The Morgan fingerprint density at radius 3 is 2.26 bits per heavy atom. The first kappa shape index (κ1) is 21.3. The molecule has 1 aromatic heterocycles. The van der Waals surface area contributed by atoms with Gasteiger partial charge >= 0.3 is 0 Å². The van der Waals surface area contributed by atoms with Gasteiger partial charge in [0.1, 0.15) is 12.4 Å². The number of aryl methyl sites for hydroxylation is 2. The van der Waals surface area contributed by atoms with E-state index in [2.05, 4.69) is 0 Å². The molecule has 1 unspecified atom stereocenters. The average Bonchev–Trinajstić information content (AvgIpc) is 3.11. The third kappa shape index (κ3) is 4.15. The number of rotatable bonds is 5. The van der Waals surface area contributed by atoms with Gasteiger partial charge in [0.2, 0.25) is 5.60 Å². The molecule has 1 N–H and O–H groups in total. The average molecular weight is 451 g/mol. The van der Waals surface area contributed by atoms with Gasteiger partial charge in [0.25, 0.3) is 5.82 Å². The highest BCUT2D eigenvalue weighted by Gasteiger charge is 2.47. The second-order valence-electron chi connectivity index (χ2n) is 7.37. The molecule has 4 rings (SSSR count). The summed E-state index contributed by atoms with van der Waals surface area (Å²) in [6, 6.07) is 24.1. The molecule has 4 aromatic rings. The zero-order valence-corrected chi connectivity index (χ0v) is 18.7. The van der Waals surface area contributed by atoms with Gasteiger partial charge in [0.05, 0.1) is 25.5 Å². The van der Waals surface area contributed by atoms with Crippen molar-refractivity contribution < 1.29 is 9.67 Å². The molecule has 0 spiro atoms. The molecule has 6 heteroatoms. The molecule has 0 bridgehead atoms. The normalized spacial score (nSPS) is 13.8. The van der Waals surface area contributed by atoms with E-state index in [1.165, 1.54) is 0 Å². The minimum atomic E-state index is -1.60. The number of aliphatic imine (C=N–C) groups is 1. The third-order valence-corrected chi connectivity index (χ3v) is 5.69. The zero-order valence-electron chi connectivity index (χ0n) is 17.2.